The molecule has 1 aliphatic carbocycles. The van der Waals surface area contributed by atoms with Crippen LogP contribution in [0.1, 0.15) is 67.7 Å². The number of hydrogen-bond donors (Lipinski definition) is 2. The highest BCUT2D eigenvalue weighted by Gasteiger charge is 2.52. The Morgan fingerprint density at radius 3 is 2.68 bits per heavy atom. The third-order valence-corrected chi connectivity index (χ3v) is 7.10. The van der Waals surface area contributed by atoms with Crippen molar-refractivity contribution in [2.24, 2.45) is 0 Å². The van der Waals surface area contributed by atoms with E-state index in [1.54, 1.807) is 0 Å². The van der Waals surface area contributed by atoms with Crippen molar-refractivity contribution in [3.63, 3.8) is 0 Å². The molecule has 6 nitrogen and oxygen atoms in total. The molecule has 2 aliphatic rings. The lowest BCUT2D eigenvalue weighted by Crippen LogP contribution is -2.26. The monoisotopic (exact) mass is 525 g/mol. The summed E-state index contributed by atoms with van der Waals surface area (Å²) in [6, 6.07) is 1.68. The Labute approximate surface area is 223 Å². The number of rotatable bonds is 9. The average Bonchev–Trinajstić information content (AvgIpc) is 3.60. The fraction of sp³-hybridized carbons (Fsp3) is 0.464. The average molecular weight is 526 g/mol. The number of alkyl halides is 2. The van der Waals surface area contributed by atoms with Crippen molar-refractivity contribution in [1.82, 2.24) is 4.57 Å². The van der Waals surface area contributed by atoms with Crippen molar-refractivity contribution in [2.45, 2.75) is 76.2 Å². The topological polar surface area (TPSA) is 80.9 Å². The minimum Gasteiger partial charge on any atom is -0.395 e. The predicted octanol–water partition coefficient (Wildman–Crippen LogP) is 4.99. The van der Waals surface area contributed by atoms with Crippen LogP contribution in [0.25, 0.3) is 10.9 Å². The van der Waals surface area contributed by atoms with Crippen molar-refractivity contribution >= 4 is 16.7 Å². The Balaban J connectivity index is 1.65. The van der Waals surface area contributed by atoms with Crippen molar-refractivity contribution in [3.8, 4) is 11.5 Å². The number of carbonyl (C=O) groups excluding carboxylic acids is 1. The first kappa shape index (κ1) is 17.5. The van der Waals surface area contributed by atoms with E-state index in [0.717, 1.165) is 4.57 Å². The number of carbonyl (C=O) groups is 1. The molecule has 2 N–H and O–H groups in total. The number of nitrogens with zero attached hydrogens (tertiary/aromatic N) is 1. The van der Waals surface area contributed by atoms with Gasteiger partial charge < -0.3 is 24.3 Å². The van der Waals surface area contributed by atoms with E-state index in [0.29, 0.717) is 5.56 Å². The van der Waals surface area contributed by atoms with Gasteiger partial charge in [0.05, 0.1) is 37.0 Å². The summed E-state index contributed by atoms with van der Waals surface area (Å²) in [6.45, 7) is -4.07. The number of ketones is 1. The Morgan fingerprint density at radius 1 is 1.30 bits per heavy atom. The zero-order valence-electron chi connectivity index (χ0n) is 28.0. The number of hydrogen-bond acceptors (Lipinski definition) is 5. The van der Waals surface area contributed by atoms with Crippen LogP contribution < -0.4 is 9.47 Å². The van der Waals surface area contributed by atoms with Crippen LogP contribution >= 0.6 is 0 Å². The van der Waals surface area contributed by atoms with E-state index in [1.165, 1.54) is 32.0 Å². The van der Waals surface area contributed by atoms with Gasteiger partial charge >= 0.3 is 6.29 Å². The van der Waals surface area contributed by atoms with Crippen molar-refractivity contribution in [3.05, 3.63) is 59.0 Å². The van der Waals surface area contributed by atoms with Crippen molar-refractivity contribution in [1.29, 1.82) is 0 Å². The molecular formula is C28H30F3NO5. The quantitative estimate of drug-likeness (QED) is 0.412. The Morgan fingerprint density at radius 2 is 2.03 bits per heavy atom. The second kappa shape index (κ2) is 8.77. The van der Waals surface area contributed by atoms with Gasteiger partial charge in [0, 0.05) is 27.0 Å². The summed E-state index contributed by atoms with van der Waals surface area (Å²) in [5, 5.41) is 19.8. The predicted molar refractivity (Wildman–Crippen MR) is 131 cm³/mol. The van der Waals surface area contributed by atoms with Crippen LogP contribution in [-0.2, 0) is 28.6 Å². The summed E-state index contributed by atoms with van der Waals surface area (Å²) in [5.74, 6) is -2.42. The zero-order valence-corrected chi connectivity index (χ0v) is 20.0. The summed E-state index contributed by atoms with van der Waals surface area (Å²) in [7, 11) is 0. The van der Waals surface area contributed by atoms with Crippen LogP contribution in [0.2, 0.25) is 0 Å². The summed E-state index contributed by atoms with van der Waals surface area (Å²) >= 11 is 0. The largest absolute Gasteiger partial charge is 0.586 e. The van der Waals surface area contributed by atoms with E-state index in [-0.39, 0.29) is 41.8 Å². The smallest absolute Gasteiger partial charge is 0.395 e. The molecular weight excluding hydrogens is 487 g/mol. The van der Waals surface area contributed by atoms with Crippen LogP contribution in [0.4, 0.5) is 13.2 Å². The lowest BCUT2D eigenvalue weighted by molar-refractivity contribution is -0.286. The number of ether oxygens (including phenoxy) is 2. The molecule has 5 rings (SSSR count). The van der Waals surface area contributed by atoms with E-state index >= 15 is 4.39 Å². The van der Waals surface area contributed by atoms with Crippen molar-refractivity contribution < 1.29 is 48.6 Å². The summed E-state index contributed by atoms with van der Waals surface area (Å²) in [6.07, 6.45) is -6.34. The summed E-state index contributed by atoms with van der Waals surface area (Å²) in [4.78, 5) is 13.7. The molecule has 1 aromatic heterocycles. The lowest BCUT2D eigenvalue weighted by Gasteiger charge is -2.26. The molecule has 1 fully saturated rings. The molecule has 37 heavy (non-hydrogen) atoms. The SMILES string of the molecule is [2H]c1c(CC(=O)C2(c3ccc4c(c3)OC(F)(F)O4)CC2)c(F)c([2H])c2c1c([2H])c(C(C)(CC)C([2H])([2H])[2H])n2C[C@@H](O)C([2H])([2H])O. The zero-order chi connectivity index (χ0) is 33.7. The van der Waals surface area contributed by atoms with E-state index in [1.807, 2.05) is 0 Å². The molecule has 0 bridgehead atoms. The standard InChI is InChI=1S/C28H30F3NO5/c1-4-26(2,3)24-10-17-9-16(20(29)13-21(17)32(24)14-19(34)15-33)11-25(35)27(7-8-27)18-5-6-22-23(12-18)37-28(30,31)36-22/h5-6,9-10,12-13,19,33-34H,4,7-8,11,14-15H2,1-3H3/t19-/m1/s1/i2D3,9D,10D,13D,15D2/t19-,26?. The maximum Gasteiger partial charge on any atom is 0.586 e. The second-order valence-corrected chi connectivity index (χ2v) is 9.69. The third kappa shape index (κ3) is 4.48. The Hall–Kier alpha value is -3.04. The first-order valence-corrected chi connectivity index (χ1v) is 11.7. The van der Waals surface area contributed by atoms with Crippen LogP contribution in [0.3, 0.4) is 0 Å². The molecule has 2 aromatic carbocycles. The van der Waals surface area contributed by atoms with Gasteiger partial charge in [-0.15, -0.1) is 8.78 Å². The van der Waals surface area contributed by atoms with E-state index in [2.05, 4.69) is 9.47 Å². The fourth-order valence-electron chi connectivity index (χ4n) is 4.65. The van der Waals surface area contributed by atoms with Gasteiger partial charge in [-0.2, -0.15) is 0 Å². The Kier molecular flexibility index (Phi) is 4.14. The van der Waals surface area contributed by atoms with Gasteiger partial charge in [-0.3, -0.25) is 4.79 Å². The first-order valence-electron chi connectivity index (χ1n) is 15.7. The van der Waals surface area contributed by atoms with Crippen LogP contribution in [0.15, 0.2) is 36.3 Å². The molecule has 0 spiro atoms. The van der Waals surface area contributed by atoms with Gasteiger partial charge in [0.2, 0.25) is 0 Å². The highest BCUT2D eigenvalue weighted by atomic mass is 19.3. The number of aliphatic hydroxyl groups excluding tert-OH is 1. The molecule has 9 heteroatoms. The Bertz CT molecular complexity index is 1720. The molecule has 1 aliphatic heterocycles. The maximum absolute atomic E-state index is 16.0. The maximum atomic E-state index is 16.0. The highest BCUT2D eigenvalue weighted by Crippen LogP contribution is 2.52. The number of aromatic nitrogens is 1. The minimum atomic E-state index is -3.88. The number of Topliss-reactive ketones (excluding diaryl/α,β-unsaturated/α-hetero) is 1. The summed E-state index contributed by atoms with van der Waals surface area (Å²) in [5.41, 5.74) is -4.11. The number of fused-ring (bicyclic) bond motifs is 2. The molecule has 0 radical (unpaired) electrons. The minimum absolute atomic E-state index is 0.119. The van der Waals surface area contributed by atoms with Gasteiger partial charge in [-0.1, -0.05) is 26.8 Å². The van der Waals surface area contributed by atoms with E-state index in [4.69, 9.17) is 11.0 Å². The van der Waals surface area contributed by atoms with Gasteiger partial charge in [-0.25, -0.2) is 4.39 Å². The normalized spacial score (nSPS) is 23.4. The number of halogens is 3. The van der Waals surface area contributed by atoms with E-state index in [9.17, 15) is 23.8 Å². The first-order chi connectivity index (χ1) is 20.6. The lowest BCUT2D eigenvalue weighted by atomic mass is 9.86. The second-order valence-electron chi connectivity index (χ2n) is 9.69. The molecule has 2 atom stereocenters. The van der Waals surface area contributed by atoms with Gasteiger partial charge in [-0.05, 0) is 60.6 Å². The molecule has 2 heterocycles. The molecule has 0 saturated heterocycles. The third-order valence-electron chi connectivity index (χ3n) is 7.10. The van der Waals surface area contributed by atoms with Crippen LogP contribution in [0, 0.1) is 5.82 Å². The van der Waals surface area contributed by atoms with E-state index < -0.39 is 90.4 Å². The van der Waals surface area contributed by atoms with Crippen LogP contribution in [0.5, 0.6) is 11.5 Å². The molecule has 198 valence electrons. The van der Waals surface area contributed by atoms with Crippen molar-refractivity contribution in [2.75, 3.05) is 6.56 Å². The molecule has 0 amide bonds. The number of aliphatic hydroxyl groups is 2. The van der Waals surface area contributed by atoms with Gasteiger partial charge in [0.1, 0.15) is 11.6 Å². The summed E-state index contributed by atoms with van der Waals surface area (Å²) < 4.78 is 119. The molecule has 1 unspecified atom stereocenters. The molecule has 1 saturated carbocycles. The van der Waals surface area contributed by atoms with Gasteiger partial charge in [0.25, 0.3) is 0 Å². The van der Waals surface area contributed by atoms with Gasteiger partial charge in [0.15, 0.2) is 11.5 Å². The van der Waals surface area contributed by atoms with Crippen LogP contribution in [-0.4, -0.2) is 39.5 Å². The highest BCUT2D eigenvalue weighted by molar-refractivity contribution is 5.95. The number of benzene rings is 2. The molecule has 3 aromatic rings. The fourth-order valence-corrected chi connectivity index (χ4v) is 4.65.